The molecular weight excluding hydrogens is 432 g/mol. The lowest BCUT2D eigenvalue weighted by Crippen LogP contribution is -2.54. The lowest BCUT2D eigenvalue weighted by molar-refractivity contribution is -0.142. The number of halogens is 1. The zero-order valence-electron chi connectivity index (χ0n) is 17.4. The van der Waals surface area contributed by atoms with Gasteiger partial charge in [0, 0.05) is 11.8 Å². The van der Waals surface area contributed by atoms with Crippen LogP contribution in [0.3, 0.4) is 0 Å². The SMILES string of the molecule is C[C@@]12CC[C@@H](OC(=O)c3ccc(Br)o3)C[C@@H]1CC[C@H]1[C@H]2CC[C@]2(C)C(=O)CC[C@@H]12. The van der Waals surface area contributed by atoms with Crippen LogP contribution in [0.2, 0.25) is 0 Å². The topological polar surface area (TPSA) is 56.5 Å². The van der Waals surface area contributed by atoms with Gasteiger partial charge in [-0.15, -0.1) is 0 Å². The predicted octanol–water partition coefficient (Wildman–Crippen LogP) is 6.18. The highest BCUT2D eigenvalue weighted by Crippen LogP contribution is 2.65. The van der Waals surface area contributed by atoms with E-state index < -0.39 is 0 Å². The molecule has 4 aliphatic carbocycles. The Kier molecular flexibility index (Phi) is 4.76. The standard InChI is InChI=1S/C24H31BrO4/c1-23-11-9-15(28-22(27)19-6-8-21(25)29-19)13-14(23)3-4-16-17-5-7-20(26)24(17,2)12-10-18(16)23/h6,8,14-18H,3-5,7,9-13H2,1-2H3/t14-,15+,16+,17-,18+,23+,24-/m0/s1. The molecule has 158 valence electrons. The first-order valence-corrected chi connectivity index (χ1v) is 12.1. The molecular formula is C24H31BrO4. The molecule has 1 heterocycles. The van der Waals surface area contributed by atoms with Gasteiger partial charge in [0.15, 0.2) is 4.67 Å². The van der Waals surface area contributed by atoms with E-state index in [1.54, 1.807) is 12.1 Å². The van der Waals surface area contributed by atoms with Crippen molar-refractivity contribution in [3.05, 3.63) is 22.6 Å². The van der Waals surface area contributed by atoms with Gasteiger partial charge < -0.3 is 9.15 Å². The van der Waals surface area contributed by atoms with Crippen molar-refractivity contribution in [3.63, 3.8) is 0 Å². The molecule has 0 unspecified atom stereocenters. The molecule has 1 aromatic heterocycles. The average Bonchev–Trinajstić information content (AvgIpc) is 3.25. The molecule has 4 aliphatic rings. The summed E-state index contributed by atoms with van der Waals surface area (Å²) in [4.78, 5) is 25.0. The molecule has 0 saturated heterocycles. The highest BCUT2D eigenvalue weighted by molar-refractivity contribution is 9.10. The van der Waals surface area contributed by atoms with Crippen molar-refractivity contribution in [2.75, 3.05) is 0 Å². The Labute approximate surface area is 181 Å². The fraction of sp³-hybridized carbons (Fsp3) is 0.750. The second-order valence-electron chi connectivity index (χ2n) is 10.5. The Morgan fingerprint density at radius 1 is 1.10 bits per heavy atom. The number of ether oxygens (including phenoxy) is 1. The summed E-state index contributed by atoms with van der Waals surface area (Å²) in [7, 11) is 0. The van der Waals surface area contributed by atoms with Gasteiger partial charge in [0.1, 0.15) is 11.9 Å². The molecule has 0 radical (unpaired) electrons. The number of hydrogen-bond acceptors (Lipinski definition) is 4. The Bertz CT molecular complexity index is 831. The summed E-state index contributed by atoms with van der Waals surface area (Å²) in [5.41, 5.74) is 0.279. The summed E-state index contributed by atoms with van der Waals surface area (Å²) in [6.07, 6.45) is 9.63. The molecule has 0 aromatic carbocycles. The molecule has 5 heteroatoms. The number of esters is 1. The lowest BCUT2D eigenvalue weighted by atomic mass is 9.45. The fourth-order valence-electron chi connectivity index (χ4n) is 7.73. The van der Waals surface area contributed by atoms with Crippen LogP contribution in [0, 0.1) is 34.5 Å². The summed E-state index contributed by atoms with van der Waals surface area (Å²) < 4.78 is 11.7. The quantitative estimate of drug-likeness (QED) is 0.492. The minimum absolute atomic E-state index is 0.0112. The summed E-state index contributed by atoms with van der Waals surface area (Å²) in [5.74, 6) is 3.08. The van der Waals surface area contributed by atoms with Crippen LogP contribution in [0.5, 0.6) is 0 Å². The molecule has 0 spiro atoms. The molecule has 4 saturated carbocycles. The van der Waals surface area contributed by atoms with Gasteiger partial charge in [-0.2, -0.15) is 0 Å². The van der Waals surface area contributed by atoms with E-state index in [0.29, 0.717) is 33.6 Å². The molecule has 29 heavy (non-hydrogen) atoms. The zero-order chi connectivity index (χ0) is 20.4. The van der Waals surface area contributed by atoms with Crippen molar-refractivity contribution in [3.8, 4) is 0 Å². The van der Waals surface area contributed by atoms with Crippen LogP contribution >= 0.6 is 15.9 Å². The van der Waals surface area contributed by atoms with Crippen LogP contribution in [-0.4, -0.2) is 17.9 Å². The van der Waals surface area contributed by atoms with E-state index in [1.807, 2.05) is 0 Å². The first-order chi connectivity index (χ1) is 13.8. The van der Waals surface area contributed by atoms with Crippen LogP contribution in [0.1, 0.15) is 82.2 Å². The number of carbonyl (C=O) groups is 2. The van der Waals surface area contributed by atoms with Crippen molar-refractivity contribution >= 4 is 27.7 Å². The smallest absolute Gasteiger partial charge is 0.374 e. The Balaban J connectivity index is 1.29. The van der Waals surface area contributed by atoms with Gasteiger partial charge in [-0.25, -0.2) is 4.79 Å². The van der Waals surface area contributed by atoms with Crippen molar-refractivity contribution in [1.82, 2.24) is 0 Å². The second-order valence-corrected chi connectivity index (χ2v) is 11.3. The van der Waals surface area contributed by atoms with Gasteiger partial charge in [0.25, 0.3) is 0 Å². The van der Waals surface area contributed by atoms with Crippen LogP contribution in [-0.2, 0) is 9.53 Å². The fourth-order valence-corrected chi connectivity index (χ4v) is 8.04. The third-order valence-corrected chi connectivity index (χ3v) is 9.80. The van der Waals surface area contributed by atoms with E-state index in [4.69, 9.17) is 9.15 Å². The van der Waals surface area contributed by atoms with Crippen LogP contribution in [0.4, 0.5) is 0 Å². The number of Topliss-reactive ketones (excluding diaryl/α,β-unsaturated/α-hetero) is 1. The van der Waals surface area contributed by atoms with Crippen molar-refractivity contribution in [2.24, 2.45) is 34.5 Å². The monoisotopic (exact) mass is 462 g/mol. The summed E-state index contributed by atoms with van der Waals surface area (Å²) in [5, 5.41) is 0. The molecule has 4 fully saturated rings. The van der Waals surface area contributed by atoms with E-state index in [9.17, 15) is 9.59 Å². The maximum absolute atomic E-state index is 12.6. The first-order valence-electron chi connectivity index (χ1n) is 11.3. The maximum atomic E-state index is 12.6. The molecule has 5 rings (SSSR count). The van der Waals surface area contributed by atoms with Gasteiger partial charge in [-0.3, -0.25) is 4.79 Å². The van der Waals surface area contributed by atoms with E-state index in [1.165, 1.54) is 19.3 Å². The van der Waals surface area contributed by atoms with E-state index in [-0.39, 0.29) is 23.2 Å². The maximum Gasteiger partial charge on any atom is 0.374 e. The van der Waals surface area contributed by atoms with Gasteiger partial charge in [-0.05, 0) is 109 Å². The number of furan rings is 1. The Morgan fingerprint density at radius 2 is 1.93 bits per heavy atom. The van der Waals surface area contributed by atoms with Crippen LogP contribution < -0.4 is 0 Å². The molecule has 0 amide bonds. The largest absolute Gasteiger partial charge is 0.457 e. The van der Waals surface area contributed by atoms with Gasteiger partial charge in [-0.1, -0.05) is 13.8 Å². The first kappa shape index (κ1) is 19.8. The molecule has 0 aliphatic heterocycles. The van der Waals surface area contributed by atoms with Crippen molar-refractivity contribution < 1.29 is 18.7 Å². The Hall–Kier alpha value is -1.10. The summed E-state index contributed by atoms with van der Waals surface area (Å²) >= 11 is 3.24. The zero-order valence-corrected chi connectivity index (χ0v) is 19.0. The van der Waals surface area contributed by atoms with E-state index in [0.717, 1.165) is 44.4 Å². The number of hydrogen-bond donors (Lipinski definition) is 0. The summed E-state index contributed by atoms with van der Waals surface area (Å²) in [6.45, 7) is 4.75. The van der Waals surface area contributed by atoms with Gasteiger partial charge >= 0.3 is 5.97 Å². The molecule has 0 N–H and O–H groups in total. The normalized spacial score (nSPS) is 44.0. The van der Waals surface area contributed by atoms with Gasteiger partial charge in [0.05, 0.1) is 0 Å². The van der Waals surface area contributed by atoms with Crippen molar-refractivity contribution in [2.45, 2.75) is 77.7 Å². The average molecular weight is 463 g/mol. The number of rotatable bonds is 2. The minimum atomic E-state index is -0.351. The van der Waals surface area contributed by atoms with Crippen LogP contribution in [0.15, 0.2) is 21.2 Å². The third-order valence-electron chi connectivity index (χ3n) is 9.37. The molecule has 4 nitrogen and oxygen atoms in total. The number of carbonyl (C=O) groups excluding carboxylic acids is 2. The van der Waals surface area contributed by atoms with E-state index >= 15 is 0 Å². The molecule has 0 bridgehead atoms. The second kappa shape index (κ2) is 6.96. The van der Waals surface area contributed by atoms with Crippen molar-refractivity contribution in [1.29, 1.82) is 0 Å². The van der Waals surface area contributed by atoms with Gasteiger partial charge in [0.2, 0.25) is 5.76 Å². The highest BCUT2D eigenvalue weighted by Gasteiger charge is 2.60. The molecule has 7 atom stereocenters. The molecule has 1 aromatic rings. The lowest BCUT2D eigenvalue weighted by Gasteiger charge is -2.60. The predicted molar refractivity (Wildman–Crippen MR) is 112 cm³/mol. The highest BCUT2D eigenvalue weighted by atomic mass is 79.9. The number of ketones is 1. The Morgan fingerprint density at radius 3 is 2.69 bits per heavy atom. The minimum Gasteiger partial charge on any atom is -0.457 e. The third kappa shape index (κ3) is 3.05. The number of fused-ring (bicyclic) bond motifs is 5. The van der Waals surface area contributed by atoms with E-state index in [2.05, 4.69) is 29.8 Å². The summed E-state index contributed by atoms with van der Waals surface area (Å²) in [6, 6.07) is 3.38. The van der Waals surface area contributed by atoms with Crippen LogP contribution in [0.25, 0.3) is 0 Å².